The zero-order valence-corrected chi connectivity index (χ0v) is 12.4. The molecule has 1 amide bonds. The average Bonchev–Trinajstić information content (AvgIpc) is 2.36. The lowest BCUT2D eigenvalue weighted by Crippen LogP contribution is -2.39. The molecule has 0 fully saturated rings. The van der Waals surface area contributed by atoms with Crippen molar-refractivity contribution < 1.29 is 9.90 Å². The largest absolute Gasteiger partial charge is 0.389 e. The number of anilines is 1. The van der Waals surface area contributed by atoms with E-state index in [2.05, 4.69) is 4.90 Å². The van der Waals surface area contributed by atoms with Crippen LogP contribution in [0.5, 0.6) is 0 Å². The maximum Gasteiger partial charge on any atom is 0.237 e. The van der Waals surface area contributed by atoms with E-state index in [0.29, 0.717) is 12.3 Å². The summed E-state index contributed by atoms with van der Waals surface area (Å²) in [5.41, 5.74) is 1.86. The number of aliphatic hydroxyl groups is 1. The lowest BCUT2D eigenvalue weighted by molar-refractivity contribution is -0.116. The standard InChI is InChI=1S/C14H20N2O2S/c1-10(17)11-4-5-12-13(8-11)19-9-14(18)16(12)7-6-15(2)3/h4-5,8,10,17H,6-7,9H2,1-3H3. The van der Waals surface area contributed by atoms with Crippen LogP contribution < -0.4 is 4.90 Å². The molecule has 0 saturated carbocycles. The van der Waals surface area contributed by atoms with Gasteiger partial charge in [-0.2, -0.15) is 0 Å². The number of nitrogens with zero attached hydrogens (tertiary/aromatic N) is 2. The molecule has 2 rings (SSSR count). The Morgan fingerprint density at radius 3 is 2.84 bits per heavy atom. The van der Waals surface area contributed by atoms with Crippen LogP contribution in [0.15, 0.2) is 23.1 Å². The summed E-state index contributed by atoms with van der Waals surface area (Å²) < 4.78 is 0. The number of amides is 1. The van der Waals surface area contributed by atoms with Crippen LogP contribution in [0, 0.1) is 0 Å². The normalized spacial score (nSPS) is 16.7. The minimum absolute atomic E-state index is 0.157. The number of hydrogen-bond donors (Lipinski definition) is 1. The highest BCUT2D eigenvalue weighted by molar-refractivity contribution is 8.00. The molecular weight excluding hydrogens is 260 g/mol. The summed E-state index contributed by atoms with van der Waals surface area (Å²) in [5.74, 6) is 0.633. The van der Waals surface area contributed by atoms with Crippen LogP contribution in [0.3, 0.4) is 0 Å². The van der Waals surface area contributed by atoms with Crippen LogP contribution in [-0.4, -0.2) is 48.9 Å². The molecule has 4 nitrogen and oxygen atoms in total. The molecule has 1 unspecified atom stereocenters. The van der Waals surface area contributed by atoms with Gasteiger partial charge < -0.3 is 14.9 Å². The molecule has 1 heterocycles. The fourth-order valence-electron chi connectivity index (χ4n) is 2.03. The van der Waals surface area contributed by atoms with Gasteiger partial charge in [0.2, 0.25) is 5.91 Å². The van der Waals surface area contributed by atoms with Gasteiger partial charge in [0.1, 0.15) is 0 Å². The summed E-state index contributed by atoms with van der Waals surface area (Å²) in [6.45, 7) is 3.30. The van der Waals surface area contributed by atoms with E-state index in [4.69, 9.17) is 0 Å². The van der Waals surface area contributed by atoms with Gasteiger partial charge in [0.25, 0.3) is 0 Å². The van der Waals surface area contributed by atoms with Gasteiger partial charge in [-0.15, -0.1) is 11.8 Å². The van der Waals surface area contributed by atoms with Crippen LogP contribution in [0.2, 0.25) is 0 Å². The smallest absolute Gasteiger partial charge is 0.237 e. The minimum Gasteiger partial charge on any atom is -0.389 e. The summed E-state index contributed by atoms with van der Waals surface area (Å²) in [6.07, 6.45) is -0.473. The molecule has 0 spiro atoms. The van der Waals surface area contributed by atoms with E-state index in [9.17, 15) is 9.90 Å². The van der Waals surface area contributed by atoms with Crippen molar-refractivity contribution in [1.29, 1.82) is 0 Å². The van der Waals surface area contributed by atoms with Gasteiger partial charge in [0.05, 0.1) is 17.5 Å². The highest BCUT2D eigenvalue weighted by atomic mass is 32.2. The second kappa shape index (κ2) is 5.94. The first-order chi connectivity index (χ1) is 8.99. The predicted octanol–water partition coefficient (Wildman–Crippen LogP) is 1.74. The third-order valence-corrected chi connectivity index (χ3v) is 4.21. The van der Waals surface area contributed by atoms with E-state index in [1.165, 1.54) is 0 Å². The van der Waals surface area contributed by atoms with Gasteiger partial charge >= 0.3 is 0 Å². The van der Waals surface area contributed by atoms with Crippen LogP contribution >= 0.6 is 11.8 Å². The number of carbonyl (C=O) groups is 1. The number of fused-ring (bicyclic) bond motifs is 1. The maximum absolute atomic E-state index is 12.0. The SMILES string of the molecule is CC(O)c1ccc2c(c1)SCC(=O)N2CCN(C)C. The second-order valence-electron chi connectivity index (χ2n) is 5.04. The van der Waals surface area contributed by atoms with Gasteiger partial charge in [-0.25, -0.2) is 0 Å². The average molecular weight is 280 g/mol. The first kappa shape index (κ1) is 14.4. The number of thioether (sulfide) groups is 1. The molecule has 104 valence electrons. The van der Waals surface area contributed by atoms with Crippen molar-refractivity contribution in [2.24, 2.45) is 0 Å². The Labute approximate surface area is 118 Å². The number of rotatable bonds is 4. The number of carbonyl (C=O) groups excluding carboxylic acids is 1. The first-order valence-corrected chi connectivity index (χ1v) is 7.37. The quantitative estimate of drug-likeness (QED) is 0.912. The Bertz CT molecular complexity index is 475. The van der Waals surface area contributed by atoms with Crippen molar-refractivity contribution in [3.05, 3.63) is 23.8 Å². The molecular formula is C14H20N2O2S. The van der Waals surface area contributed by atoms with Crippen LogP contribution in [0.1, 0.15) is 18.6 Å². The Balaban J connectivity index is 2.26. The van der Waals surface area contributed by atoms with Crippen molar-refractivity contribution >= 4 is 23.4 Å². The van der Waals surface area contributed by atoms with Crippen LogP contribution in [-0.2, 0) is 4.79 Å². The third-order valence-electron chi connectivity index (χ3n) is 3.18. The number of hydrogen-bond acceptors (Lipinski definition) is 4. The van der Waals surface area contributed by atoms with Crippen LogP contribution in [0.25, 0.3) is 0 Å². The van der Waals surface area contributed by atoms with E-state index in [-0.39, 0.29) is 5.91 Å². The maximum atomic E-state index is 12.0. The second-order valence-corrected chi connectivity index (χ2v) is 6.06. The van der Waals surface area contributed by atoms with Crippen molar-refractivity contribution in [3.63, 3.8) is 0 Å². The molecule has 1 aromatic carbocycles. The molecule has 19 heavy (non-hydrogen) atoms. The first-order valence-electron chi connectivity index (χ1n) is 6.39. The van der Waals surface area contributed by atoms with Gasteiger partial charge in [0.15, 0.2) is 0 Å². The molecule has 1 aliphatic rings. The van der Waals surface area contributed by atoms with Crippen molar-refractivity contribution in [2.45, 2.75) is 17.9 Å². The summed E-state index contributed by atoms with van der Waals surface area (Å²) >= 11 is 1.55. The highest BCUT2D eigenvalue weighted by Gasteiger charge is 2.25. The fourth-order valence-corrected chi connectivity index (χ4v) is 3.01. The molecule has 5 heteroatoms. The summed E-state index contributed by atoms with van der Waals surface area (Å²) in [7, 11) is 4.00. The van der Waals surface area contributed by atoms with E-state index in [1.807, 2.05) is 37.2 Å². The minimum atomic E-state index is -0.473. The number of likely N-dealkylation sites (N-methyl/N-ethyl adjacent to an activating group) is 1. The zero-order valence-electron chi connectivity index (χ0n) is 11.6. The monoisotopic (exact) mass is 280 g/mol. The summed E-state index contributed by atoms with van der Waals surface area (Å²) in [6, 6.07) is 5.82. The molecule has 0 saturated heterocycles. The molecule has 1 atom stereocenters. The van der Waals surface area contributed by atoms with Gasteiger partial charge in [0, 0.05) is 18.0 Å². The van der Waals surface area contributed by atoms with E-state index >= 15 is 0 Å². The van der Waals surface area contributed by atoms with Gasteiger partial charge in [-0.1, -0.05) is 6.07 Å². The molecule has 0 aromatic heterocycles. The molecule has 0 radical (unpaired) electrons. The molecule has 0 bridgehead atoms. The third kappa shape index (κ3) is 3.29. The highest BCUT2D eigenvalue weighted by Crippen LogP contribution is 2.36. The van der Waals surface area contributed by atoms with Crippen molar-refractivity contribution in [1.82, 2.24) is 4.90 Å². The Hall–Kier alpha value is -1.04. The van der Waals surface area contributed by atoms with Gasteiger partial charge in [-0.05, 0) is 38.7 Å². The van der Waals surface area contributed by atoms with Crippen molar-refractivity contribution in [2.75, 3.05) is 37.8 Å². The van der Waals surface area contributed by atoms with E-state index < -0.39 is 6.10 Å². The Morgan fingerprint density at radius 1 is 1.47 bits per heavy atom. The molecule has 0 aliphatic carbocycles. The Morgan fingerprint density at radius 2 is 2.21 bits per heavy atom. The predicted molar refractivity (Wildman–Crippen MR) is 78.7 cm³/mol. The molecule has 1 aliphatic heterocycles. The summed E-state index contributed by atoms with van der Waals surface area (Å²) in [5, 5.41) is 9.62. The lowest BCUT2D eigenvalue weighted by atomic mass is 10.1. The fraction of sp³-hybridized carbons (Fsp3) is 0.500. The Kier molecular flexibility index (Phi) is 4.50. The van der Waals surface area contributed by atoms with E-state index in [0.717, 1.165) is 22.7 Å². The number of benzene rings is 1. The van der Waals surface area contributed by atoms with E-state index in [1.54, 1.807) is 18.7 Å². The number of aliphatic hydroxyl groups excluding tert-OH is 1. The van der Waals surface area contributed by atoms with Gasteiger partial charge in [-0.3, -0.25) is 4.79 Å². The zero-order chi connectivity index (χ0) is 14.0. The molecule has 1 N–H and O–H groups in total. The topological polar surface area (TPSA) is 43.8 Å². The lowest BCUT2D eigenvalue weighted by Gasteiger charge is -2.30. The van der Waals surface area contributed by atoms with Crippen LogP contribution in [0.4, 0.5) is 5.69 Å². The molecule has 1 aromatic rings. The van der Waals surface area contributed by atoms with Crippen molar-refractivity contribution in [3.8, 4) is 0 Å². The summed E-state index contributed by atoms with van der Waals surface area (Å²) in [4.78, 5) is 17.0.